The highest BCUT2D eigenvalue weighted by Gasteiger charge is 2.36. The van der Waals surface area contributed by atoms with Gasteiger partial charge < -0.3 is 10.2 Å². The van der Waals surface area contributed by atoms with Crippen molar-refractivity contribution in [2.75, 3.05) is 0 Å². The molecule has 0 spiro atoms. The molecule has 1 aromatic rings. The van der Waals surface area contributed by atoms with E-state index in [4.69, 9.17) is 10.2 Å². The van der Waals surface area contributed by atoms with E-state index in [1.54, 1.807) is 0 Å². The van der Waals surface area contributed by atoms with E-state index in [-0.39, 0.29) is 11.1 Å². The van der Waals surface area contributed by atoms with E-state index in [9.17, 15) is 9.59 Å². The molecule has 82 valence electrons. The van der Waals surface area contributed by atoms with E-state index in [2.05, 4.69) is 0 Å². The fourth-order valence-corrected chi connectivity index (χ4v) is 2.74. The lowest BCUT2D eigenvalue weighted by Crippen LogP contribution is -2.29. The lowest BCUT2D eigenvalue weighted by Gasteiger charge is -2.34. The van der Waals surface area contributed by atoms with E-state index in [0.717, 1.165) is 35.1 Å². The summed E-state index contributed by atoms with van der Waals surface area (Å²) in [6, 6.07) is 0. The monoisotopic (exact) mass is 218 g/mol. The maximum absolute atomic E-state index is 11.2. The van der Waals surface area contributed by atoms with Crippen molar-refractivity contribution in [1.29, 1.82) is 0 Å². The SMILES string of the molecule is O=C(O)c1c2c(c3c(c1C(=O)O)CC3)CC2. The summed E-state index contributed by atoms with van der Waals surface area (Å²) in [4.78, 5) is 22.3. The van der Waals surface area contributed by atoms with Crippen molar-refractivity contribution in [3.63, 3.8) is 0 Å². The van der Waals surface area contributed by atoms with E-state index in [0.29, 0.717) is 12.8 Å². The topological polar surface area (TPSA) is 74.6 Å². The van der Waals surface area contributed by atoms with Crippen molar-refractivity contribution in [3.8, 4) is 0 Å². The first-order chi connectivity index (χ1) is 7.61. The second-order valence-electron chi connectivity index (χ2n) is 4.27. The van der Waals surface area contributed by atoms with E-state index >= 15 is 0 Å². The summed E-state index contributed by atoms with van der Waals surface area (Å²) in [5.41, 5.74) is 3.78. The van der Waals surface area contributed by atoms with Crippen molar-refractivity contribution in [3.05, 3.63) is 33.4 Å². The van der Waals surface area contributed by atoms with Gasteiger partial charge in [-0.15, -0.1) is 0 Å². The van der Waals surface area contributed by atoms with Gasteiger partial charge in [0.15, 0.2) is 0 Å². The third-order valence-corrected chi connectivity index (χ3v) is 3.62. The fraction of sp³-hybridized carbons (Fsp3) is 0.333. The molecule has 2 aliphatic rings. The van der Waals surface area contributed by atoms with Gasteiger partial charge in [-0.3, -0.25) is 0 Å². The number of hydrogen-bond acceptors (Lipinski definition) is 2. The lowest BCUT2D eigenvalue weighted by atomic mass is 9.70. The van der Waals surface area contributed by atoms with Crippen LogP contribution in [0.2, 0.25) is 0 Å². The minimum atomic E-state index is -1.11. The molecule has 0 saturated carbocycles. The Kier molecular flexibility index (Phi) is 1.67. The third-order valence-electron chi connectivity index (χ3n) is 3.62. The largest absolute Gasteiger partial charge is 0.478 e. The molecule has 0 amide bonds. The molecule has 1 aromatic carbocycles. The molecule has 0 bridgehead atoms. The van der Waals surface area contributed by atoms with E-state index < -0.39 is 11.9 Å². The highest BCUT2D eigenvalue weighted by atomic mass is 16.4. The van der Waals surface area contributed by atoms with Crippen LogP contribution in [0, 0.1) is 0 Å². The number of fused-ring (bicyclic) bond motifs is 3. The summed E-state index contributed by atoms with van der Waals surface area (Å²) < 4.78 is 0. The quantitative estimate of drug-likeness (QED) is 0.784. The van der Waals surface area contributed by atoms with Gasteiger partial charge in [0.25, 0.3) is 0 Å². The lowest BCUT2D eigenvalue weighted by molar-refractivity contribution is 0.0648. The molecule has 4 heteroatoms. The molecule has 0 saturated heterocycles. The van der Waals surface area contributed by atoms with Crippen LogP contribution in [0.15, 0.2) is 0 Å². The van der Waals surface area contributed by atoms with Crippen molar-refractivity contribution in [2.45, 2.75) is 25.7 Å². The highest BCUT2D eigenvalue weighted by molar-refractivity contribution is 6.05. The zero-order valence-electron chi connectivity index (χ0n) is 8.54. The van der Waals surface area contributed by atoms with Crippen LogP contribution in [-0.2, 0) is 25.7 Å². The molecule has 0 atom stereocenters. The minimum absolute atomic E-state index is 0.0344. The van der Waals surface area contributed by atoms with Gasteiger partial charge in [-0.1, -0.05) is 0 Å². The molecule has 16 heavy (non-hydrogen) atoms. The molecular weight excluding hydrogens is 208 g/mol. The van der Waals surface area contributed by atoms with Gasteiger partial charge in [-0.25, -0.2) is 9.59 Å². The van der Waals surface area contributed by atoms with E-state index in [1.807, 2.05) is 0 Å². The van der Waals surface area contributed by atoms with Gasteiger partial charge in [-0.2, -0.15) is 0 Å². The van der Waals surface area contributed by atoms with Gasteiger partial charge in [0, 0.05) is 0 Å². The molecule has 4 nitrogen and oxygen atoms in total. The molecule has 2 N–H and O–H groups in total. The molecule has 0 aliphatic heterocycles. The van der Waals surface area contributed by atoms with Crippen LogP contribution in [0.1, 0.15) is 43.0 Å². The van der Waals surface area contributed by atoms with Gasteiger partial charge in [0.05, 0.1) is 11.1 Å². The molecule has 0 fully saturated rings. The molecular formula is C12H10O4. The average Bonchev–Trinajstić information content (AvgIpc) is 2.12. The Morgan fingerprint density at radius 1 is 0.688 bits per heavy atom. The first-order valence-corrected chi connectivity index (χ1v) is 5.27. The minimum Gasteiger partial charge on any atom is -0.478 e. The van der Waals surface area contributed by atoms with Crippen LogP contribution in [0.4, 0.5) is 0 Å². The first-order valence-electron chi connectivity index (χ1n) is 5.27. The van der Waals surface area contributed by atoms with Crippen LogP contribution in [0.25, 0.3) is 0 Å². The Hall–Kier alpha value is -1.84. The fourth-order valence-electron chi connectivity index (χ4n) is 2.74. The van der Waals surface area contributed by atoms with Crippen molar-refractivity contribution < 1.29 is 19.8 Å². The Balaban J connectivity index is 2.38. The summed E-state index contributed by atoms with van der Waals surface area (Å²) >= 11 is 0. The van der Waals surface area contributed by atoms with Gasteiger partial charge in [-0.05, 0) is 47.9 Å². The molecule has 2 aliphatic carbocycles. The summed E-state index contributed by atoms with van der Waals surface area (Å²) in [7, 11) is 0. The predicted molar refractivity (Wildman–Crippen MR) is 55.2 cm³/mol. The molecule has 0 aromatic heterocycles. The zero-order chi connectivity index (χ0) is 11.4. The molecule has 0 heterocycles. The van der Waals surface area contributed by atoms with E-state index in [1.165, 1.54) is 0 Å². The van der Waals surface area contributed by atoms with Gasteiger partial charge in [0.2, 0.25) is 0 Å². The Morgan fingerprint density at radius 2 is 1.00 bits per heavy atom. The number of rotatable bonds is 2. The standard InChI is InChI=1S/C12H10O4/c13-11(14)9-7-3-1-5(7)6-2-4-8(6)10(9)12(15)16/h1-4H2,(H,13,14)(H,15,16). The van der Waals surface area contributed by atoms with Crippen molar-refractivity contribution in [2.24, 2.45) is 0 Å². The van der Waals surface area contributed by atoms with Crippen LogP contribution < -0.4 is 0 Å². The maximum atomic E-state index is 11.2. The summed E-state index contributed by atoms with van der Waals surface area (Å²) in [6.45, 7) is 0. The average molecular weight is 218 g/mol. The van der Waals surface area contributed by atoms with Crippen LogP contribution >= 0.6 is 0 Å². The number of hydrogen-bond donors (Lipinski definition) is 2. The summed E-state index contributed by atoms with van der Waals surface area (Å²) in [6.07, 6.45) is 3.20. The Morgan fingerprint density at radius 3 is 1.19 bits per heavy atom. The van der Waals surface area contributed by atoms with Crippen LogP contribution in [0.5, 0.6) is 0 Å². The molecule has 3 rings (SSSR count). The summed E-state index contributed by atoms with van der Waals surface area (Å²) in [5, 5.41) is 18.3. The first kappa shape index (κ1) is 9.39. The third kappa shape index (κ3) is 0.939. The zero-order valence-corrected chi connectivity index (χ0v) is 8.54. The summed E-state index contributed by atoms with van der Waals surface area (Å²) in [5.74, 6) is -2.22. The van der Waals surface area contributed by atoms with Gasteiger partial charge in [0.1, 0.15) is 0 Å². The Bertz CT molecular complexity index is 494. The maximum Gasteiger partial charge on any atom is 0.336 e. The van der Waals surface area contributed by atoms with Crippen molar-refractivity contribution in [1.82, 2.24) is 0 Å². The smallest absolute Gasteiger partial charge is 0.336 e. The highest BCUT2D eigenvalue weighted by Crippen LogP contribution is 2.41. The van der Waals surface area contributed by atoms with Crippen LogP contribution in [-0.4, -0.2) is 22.2 Å². The van der Waals surface area contributed by atoms with Gasteiger partial charge >= 0.3 is 11.9 Å². The number of carboxylic acids is 2. The predicted octanol–water partition coefficient (Wildman–Crippen LogP) is 1.28. The molecule has 0 unspecified atom stereocenters. The number of aromatic carboxylic acids is 2. The number of carboxylic acid groups (broad SMARTS) is 2. The Labute approximate surface area is 91.5 Å². The second-order valence-corrected chi connectivity index (χ2v) is 4.27. The second kappa shape index (κ2) is 2.84. The van der Waals surface area contributed by atoms with Crippen molar-refractivity contribution >= 4 is 11.9 Å². The number of benzene rings is 1. The normalized spacial score (nSPS) is 15.5. The van der Waals surface area contributed by atoms with Crippen LogP contribution in [0.3, 0.4) is 0 Å². The number of carbonyl (C=O) groups is 2. The molecule has 0 radical (unpaired) electrons.